The number of thioether (sulfide) groups is 1. The van der Waals surface area contributed by atoms with Crippen molar-refractivity contribution in [3.63, 3.8) is 0 Å². The number of nitrogens with one attached hydrogen (secondary N) is 1. The lowest BCUT2D eigenvalue weighted by atomic mass is 10.1. The highest BCUT2D eigenvalue weighted by Crippen LogP contribution is 2.29. The first kappa shape index (κ1) is 21.6. The van der Waals surface area contributed by atoms with Gasteiger partial charge in [-0.25, -0.2) is 4.98 Å². The summed E-state index contributed by atoms with van der Waals surface area (Å²) in [5.74, 6) is 0.196. The number of fused-ring (bicyclic) bond motifs is 1. The summed E-state index contributed by atoms with van der Waals surface area (Å²) in [6.07, 6.45) is 2.94. The summed E-state index contributed by atoms with van der Waals surface area (Å²) in [5.41, 5.74) is 2.90. The van der Waals surface area contributed by atoms with E-state index < -0.39 is 0 Å². The van der Waals surface area contributed by atoms with Crippen LogP contribution >= 0.6 is 23.1 Å². The third-order valence-electron chi connectivity index (χ3n) is 4.96. The Labute approximate surface area is 179 Å². The number of carbonyl (C=O) groups excluding carboxylic acids is 1. The lowest BCUT2D eigenvalue weighted by Gasteiger charge is -2.13. The Bertz CT molecular complexity index is 1070. The normalized spacial score (nSPS) is 11.2. The van der Waals surface area contributed by atoms with Crippen LogP contribution < -0.4 is 10.9 Å². The SMILES string of the molecule is CCCCNC(=O)CSc1nc2sc(C)c(C)c2c(=O)n1-c1ccc(CC)cc1. The number of hydrogen-bond donors (Lipinski definition) is 1. The van der Waals surface area contributed by atoms with Gasteiger partial charge in [-0.05, 0) is 49.9 Å². The number of amides is 1. The molecule has 3 aromatic rings. The molecule has 2 aromatic heterocycles. The van der Waals surface area contributed by atoms with E-state index >= 15 is 0 Å². The second-order valence-electron chi connectivity index (χ2n) is 7.01. The Morgan fingerprint density at radius 2 is 1.93 bits per heavy atom. The van der Waals surface area contributed by atoms with Crippen molar-refractivity contribution in [2.24, 2.45) is 0 Å². The largest absolute Gasteiger partial charge is 0.355 e. The first-order chi connectivity index (χ1) is 14.0. The van der Waals surface area contributed by atoms with Crippen molar-refractivity contribution in [2.75, 3.05) is 12.3 Å². The number of benzene rings is 1. The first-order valence-corrected chi connectivity index (χ1v) is 11.8. The van der Waals surface area contributed by atoms with Gasteiger partial charge in [-0.2, -0.15) is 0 Å². The highest BCUT2D eigenvalue weighted by atomic mass is 32.2. The lowest BCUT2D eigenvalue weighted by molar-refractivity contribution is -0.118. The van der Waals surface area contributed by atoms with Gasteiger partial charge in [0.25, 0.3) is 5.56 Å². The second-order valence-corrected chi connectivity index (χ2v) is 9.16. The van der Waals surface area contributed by atoms with Gasteiger partial charge < -0.3 is 5.32 Å². The van der Waals surface area contributed by atoms with E-state index in [1.165, 1.54) is 28.7 Å². The fraction of sp³-hybridized carbons (Fsp3) is 0.409. The van der Waals surface area contributed by atoms with Crippen molar-refractivity contribution in [1.29, 1.82) is 0 Å². The Kier molecular flexibility index (Phi) is 7.14. The summed E-state index contributed by atoms with van der Waals surface area (Å²) < 4.78 is 1.64. The van der Waals surface area contributed by atoms with E-state index in [0.29, 0.717) is 17.1 Å². The number of thiophene rings is 1. The van der Waals surface area contributed by atoms with E-state index in [4.69, 9.17) is 4.98 Å². The summed E-state index contributed by atoms with van der Waals surface area (Å²) in [5, 5.41) is 4.15. The van der Waals surface area contributed by atoms with Gasteiger partial charge in [-0.3, -0.25) is 14.2 Å². The number of unbranched alkanes of at least 4 members (excludes halogenated alkanes) is 1. The molecule has 0 saturated carbocycles. The molecule has 0 spiro atoms. The molecular weight excluding hydrogens is 402 g/mol. The van der Waals surface area contributed by atoms with E-state index in [0.717, 1.165) is 40.2 Å². The quantitative estimate of drug-likeness (QED) is 0.322. The van der Waals surface area contributed by atoms with Crippen molar-refractivity contribution in [3.05, 3.63) is 50.6 Å². The van der Waals surface area contributed by atoms with Gasteiger partial charge in [-0.15, -0.1) is 11.3 Å². The molecule has 3 rings (SSSR count). The molecule has 0 aliphatic rings. The van der Waals surface area contributed by atoms with Crippen LogP contribution in [0.5, 0.6) is 0 Å². The molecule has 0 aliphatic carbocycles. The molecular formula is C22H27N3O2S2. The molecule has 0 aliphatic heterocycles. The van der Waals surface area contributed by atoms with Crippen LogP contribution in [0.1, 0.15) is 42.7 Å². The minimum atomic E-state index is -0.0741. The van der Waals surface area contributed by atoms with Crippen LogP contribution in [0.2, 0.25) is 0 Å². The van der Waals surface area contributed by atoms with Crippen LogP contribution in [0.3, 0.4) is 0 Å². The number of aryl methyl sites for hydroxylation is 3. The predicted molar refractivity (Wildman–Crippen MR) is 123 cm³/mol. The minimum Gasteiger partial charge on any atom is -0.355 e. The summed E-state index contributed by atoms with van der Waals surface area (Å²) in [6.45, 7) is 8.85. The van der Waals surface area contributed by atoms with Gasteiger partial charge in [-0.1, -0.05) is 44.2 Å². The van der Waals surface area contributed by atoms with E-state index in [2.05, 4.69) is 19.2 Å². The van der Waals surface area contributed by atoms with E-state index in [9.17, 15) is 9.59 Å². The topological polar surface area (TPSA) is 64.0 Å². The zero-order chi connectivity index (χ0) is 21.0. The van der Waals surface area contributed by atoms with E-state index in [1.54, 1.807) is 4.57 Å². The first-order valence-electron chi connectivity index (χ1n) is 9.97. The summed E-state index contributed by atoms with van der Waals surface area (Å²) in [6, 6.07) is 7.97. The molecule has 1 aromatic carbocycles. The van der Waals surface area contributed by atoms with Crippen LogP contribution in [-0.2, 0) is 11.2 Å². The summed E-state index contributed by atoms with van der Waals surface area (Å²) in [7, 11) is 0. The molecule has 0 atom stereocenters. The van der Waals surface area contributed by atoms with Gasteiger partial charge in [0.05, 0.1) is 16.8 Å². The van der Waals surface area contributed by atoms with Gasteiger partial charge in [0.2, 0.25) is 5.91 Å². The fourth-order valence-electron chi connectivity index (χ4n) is 3.07. The highest BCUT2D eigenvalue weighted by molar-refractivity contribution is 7.99. The average Bonchev–Trinajstić information content (AvgIpc) is 3.00. The molecule has 29 heavy (non-hydrogen) atoms. The fourth-order valence-corrected chi connectivity index (χ4v) is 4.98. The summed E-state index contributed by atoms with van der Waals surface area (Å²) >= 11 is 2.84. The average molecular weight is 430 g/mol. The maximum absolute atomic E-state index is 13.4. The molecule has 0 fully saturated rings. The molecule has 0 radical (unpaired) electrons. The van der Waals surface area contributed by atoms with Crippen LogP contribution in [0.4, 0.5) is 0 Å². The third kappa shape index (κ3) is 4.73. The number of aromatic nitrogens is 2. The van der Waals surface area contributed by atoms with Crippen LogP contribution in [0.15, 0.2) is 34.2 Å². The molecule has 1 amide bonds. The van der Waals surface area contributed by atoms with E-state index in [1.807, 2.05) is 38.1 Å². The number of carbonyl (C=O) groups is 1. The molecule has 0 unspecified atom stereocenters. The maximum atomic E-state index is 13.4. The van der Waals surface area contributed by atoms with Crippen molar-refractivity contribution in [3.8, 4) is 5.69 Å². The minimum absolute atomic E-state index is 0.0378. The van der Waals surface area contributed by atoms with Crippen molar-refractivity contribution in [1.82, 2.24) is 14.9 Å². The predicted octanol–water partition coefficient (Wildman–Crippen LogP) is 4.63. The molecule has 7 heteroatoms. The Balaban J connectivity index is 2.02. The Hall–Kier alpha value is -2.12. The lowest BCUT2D eigenvalue weighted by Crippen LogP contribution is -2.27. The summed E-state index contributed by atoms with van der Waals surface area (Å²) in [4.78, 5) is 32.2. The number of rotatable bonds is 8. The molecule has 154 valence electrons. The van der Waals surface area contributed by atoms with Gasteiger partial charge >= 0.3 is 0 Å². The van der Waals surface area contributed by atoms with Crippen molar-refractivity contribution in [2.45, 2.75) is 52.1 Å². The molecule has 1 N–H and O–H groups in total. The van der Waals surface area contributed by atoms with Crippen molar-refractivity contribution >= 4 is 39.2 Å². The van der Waals surface area contributed by atoms with Crippen molar-refractivity contribution < 1.29 is 4.79 Å². The number of hydrogen-bond acceptors (Lipinski definition) is 5. The van der Waals surface area contributed by atoms with Crippen LogP contribution in [0.25, 0.3) is 15.9 Å². The van der Waals surface area contributed by atoms with Crippen LogP contribution in [-0.4, -0.2) is 27.8 Å². The smallest absolute Gasteiger partial charge is 0.267 e. The zero-order valence-electron chi connectivity index (χ0n) is 17.4. The molecule has 2 heterocycles. The number of nitrogens with zero attached hydrogens (tertiary/aromatic N) is 2. The molecule has 5 nitrogen and oxygen atoms in total. The van der Waals surface area contributed by atoms with Crippen LogP contribution in [0, 0.1) is 13.8 Å². The van der Waals surface area contributed by atoms with Gasteiger partial charge in [0.15, 0.2) is 5.16 Å². The second kappa shape index (κ2) is 9.59. The standard InChI is InChI=1S/C22H27N3O2S2/c1-5-7-12-23-18(26)13-28-22-24-20-19(14(3)15(4)29-20)21(27)25(22)17-10-8-16(6-2)9-11-17/h8-11H,5-7,12-13H2,1-4H3,(H,23,26). The van der Waals surface area contributed by atoms with Gasteiger partial charge in [0.1, 0.15) is 4.83 Å². The third-order valence-corrected chi connectivity index (χ3v) is 7.00. The molecule has 0 saturated heterocycles. The zero-order valence-corrected chi connectivity index (χ0v) is 19.0. The Morgan fingerprint density at radius 3 is 2.59 bits per heavy atom. The van der Waals surface area contributed by atoms with E-state index in [-0.39, 0.29) is 17.2 Å². The molecule has 0 bridgehead atoms. The Morgan fingerprint density at radius 1 is 1.21 bits per heavy atom. The van der Waals surface area contributed by atoms with Gasteiger partial charge in [0, 0.05) is 11.4 Å². The monoisotopic (exact) mass is 429 g/mol. The highest BCUT2D eigenvalue weighted by Gasteiger charge is 2.18. The maximum Gasteiger partial charge on any atom is 0.267 e.